The maximum Gasteiger partial charge on any atom is 0.157 e. The van der Waals surface area contributed by atoms with Crippen LogP contribution in [0.25, 0.3) is 22.4 Å². The Morgan fingerprint density at radius 1 is 1.12 bits per heavy atom. The molecule has 77 valence electrons. The Bertz CT molecular complexity index is 612. The molecule has 3 rings (SSSR count). The van der Waals surface area contributed by atoms with Crippen molar-refractivity contribution in [2.24, 2.45) is 0 Å². The van der Waals surface area contributed by atoms with Crippen molar-refractivity contribution < 1.29 is 5.11 Å². The molecule has 0 aliphatic rings. The summed E-state index contributed by atoms with van der Waals surface area (Å²) in [6.07, 6.45) is 3.22. The lowest BCUT2D eigenvalue weighted by molar-refractivity contribution is 0.477. The Morgan fingerprint density at radius 3 is 2.75 bits per heavy atom. The van der Waals surface area contributed by atoms with Gasteiger partial charge in [-0.2, -0.15) is 0 Å². The number of aromatic hydroxyl groups is 1. The number of benzene rings is 1. The van der Waals surface area contributed by atoms with Gasteiger partial charge in [-0.25, -0.2) is 4.98 Å². The Labute approximate surface area is 91.6 Å². The van der Waals surface area contributed by atoms with Crippen LogP contribution >= 0.6 is 0 Å². The summed E-state index contributed by atoms with van der Waals surface area (Å²) in [6, 6.07) is 10.1. The van der Waals surface area contributed by atoms with E-state index in [0.717, 1.165) is 0 Å². The Balaban J connectivity index is 2.23. The fourth-order valence-corrected chi connectivity index (χ4v) is 1.61. The Morgan fingerprint density at radius 2 is 1.94 bits per heavy atom. The molecule has 1 radical (unpaired) electrons. The fraction of sp³-hybridized carbons (Fsp3) is 0. The van der Waals surface area contributed by atoms with E-state index in [-0.39, 0.29) is 5.75 Å². The largest absolute Gasteiger partial charge is 0.507 e. The second kappa shape index (κ2) is 3.34. The molecule has 0 bridgehead atoms. The van der Waals surface area contributed by atoms with Gasteiger partial charge in [-0.15, -0.1) is 0 Å². The van der Waals surface area contributed by atoms with Gasteiger partial charge >= 0.3 is 0 Å². The topological polar surface area (TPSA) is 61.8 Å². The minimum Gasteiger partial charge on any atom is -0.507 e. The van der Waals surface area contributed by atoms with Gasteiger partial charge in [0.05, 0.1) is 5.69 Å². The molecule has 3 aromatic rings. The molecular weight excluding hydrogens is 202 g/mol. The van der Waals surface area contributed by atoms with Crippen LogP contribution < -0.4 is 0 Å². The quantitative estimate of drug-likeness (QED) is 0.646. The number of phenolic OH excluding ortho intramolecular Hbond substituents is 1. The van der Waals surface area contributed by atoms with E-state index >= 15 is 0 Å². The zero-order chi connectivity index (χ0) is 11.0. The number of nitrogens with one attached hydrogen (secondary N) is 1. The first-order valence-corrected chi connectivity index (χ1v) is 4.85. The van der Waals surface area contributed by atoms with Gasteiger partial charge in [0, 0.05) is 24.0 Å². The lowest BCUT2D eigenvalue weighted by Crippen LogP contribution is -1.79. The molecule has 0 fully saturated rings. The second-order valence-corrected chi connectivity index (χ2v) is 3.40. The van der Waals surface area contributed by atoms with E-state index in [1.54, 1.807) is 24.5 Å². The fourth-order valence-electron chi connectivity index (χ4n) is 1.61. The monoisotopic (exact) mass is 210 g/mol. The predicted octanol–water partition coefficient (Wildman–Crippen LogP) is 2.13. The molecule has 2 aromatic heterocycles. The zero-order valence-electron chi connectivity index (χ0n) is 8.31. The highest BCUT2D eigenvalue weighted by atomic mass is 16.3. The summed E-state index contributed by atoms with van der Waals surface area (Å²) in [7, 11) is 0. The van der Waals surface area contributed by atoms with Crippen LogP contribution in [0.4, 0.5) is 0 Å². The van der Waals surface area contributed by atoms with Crippen LogP contribution in [-0.4, -0.2) is 20.1 Å². The molecule has 0 spiro atoms. The van der Waals surface area contributed by atoms with Crippen LogP contribution in [0.2, 0.25) is 0 Å². The third kappa shape index (κ3) is 1.32. The first-order valence-electron chi connectivity index (χ1n) is 4.85. The van der Waals surface area contributed by atoms with E-state index in [9.17, 15) is 5.11 Å². The van der Waals surface area contributed by atoms with Crippen LogP contribution in [0.5, 0.6) is 5.75 Å². The number of aromatic nitrogens is 3. The summed E-state index contributed by atoms with van der Waals surface area (Å²) in [6.45, 7) is 0. The van der Waals surface area contributed by atoms with Gasteiger partial charge in [0.2, 0.25) is 0 Å². The average molecular weight is 210 g/mol. The van der Waals surface area contributed by atoms with E-state index < -0.39 is 0 Å². The standard InChI is InChI=1S/C12H8N3O/c16-11-4-2-1-3-8(11)9-7-10-12(15-9)14-6-5-13-10/h1-6,16H,(H,14,15). The number of hydrogen-bond donors (Lipinski definition) is 2. The normalized spacial score (nSPS) is 10.8. The SMILES string of the molecule is Oc1ccccc1-c1[c]c2nccnc2[nH]1. The minimum atomic E-state index is 0.213. The highest BCUT2D eigenvalue weighted by molar-refractivity contribution is 5.80. The van der Waals surface area contributed by atoms with E-state index in [2.05, 4.69) is 21.0 Å². The molecular formula is C12H8N3O. The molecule has 0 aliphatic carbocycles. The van der Waals surface area contributed by atoms with Crippen LogP contribution in [0.3, 0.4) is 0 Å². The lowest BCUT2D eigenvalue weighted by atomic mass is 10.1. The number of fused-ring (bicyclic) bond motifs is 1. The second-order valence-electron chi connectivity index (χ2n) is 3.40. The molecule has 0 atom stereocenters. The number of hydrogen-bond acceptors (Lipinski definition) is 3. The van der Waals surface area contributed by atoms with Crippen molar-refractivity contribution in [1.82, 2.24) is 15.0 Å². The smallest absolute Gasteiger partial charge is 0.157 e. The molecule has 0 saturated heterocycles. The van der Waals surface area contributed by atoms with Crippen molar-refractivity contribution in [3.8, 4) is 17.0 Å². The van der Waals surface area contributed by atoms with Crippen LogP contribution in [0.1, 0.15) is 0 Å². The number of phenols is 1. The summed E-state index contributed by atoms with van der Waals surface area (Å²) in [5.41, 5.74) is 2.73. The molecule has 4 nitrogen and oxygen atoms in total. The molecule has 2 heterocycles. The van der Waals surface area contributed by atoms with Crippen LogP contribution in [0.15, 0.2) is 36.7 Å². The van der Waals surface area contributed by atoms with Crippen LogP contribution in [-0.2, 0) is 0 Å². The summed E-state index contributed by atoms with van der Waals surface area (Å²) >= 11 is 0. The molecule has 16 heavy (non-hydrogen) atoms. The van der Waals surface area contributed by atoms with Crippen molar-refractivity contribution >= 4 is 11.2 Å². The maximum atomic E-state index is 9.71. The third-order valence-electron chi connectivity index (χ3n) is 2.36. The summed E-state index contributed by atoms with van der Waals surface area (Å²) in [5, 5.41) is 9.71. The van der Waals surface area contributed by atoms with Crippen molar-refractivity contribution in [2.75, 3.05) is 0 Å². The van der Waals surface area contributed by atoms with E-state index in [1.807, 2.05) is 12.1 Å². The Kier molecular flexibility index (Phi) is 1.86. The van der Waals surface area contributed by atoms with E-state index in [0.29, 0.717) is 22.4 Å². The summed E-state index contributed by atoms with van der Waals surface area (Å²) < 4.78 is 0. The lowest BCUT2D eigenvalue weighted by Gasteiger charge is -1.99. The number of nitrogens with zero attached hydrogens (tertiary/aromatic N) is 2. The van der Waals surface area contributed by atoms with Crippen molar-refractivity contribution in [3.63, 3.8) is 0 Å². The molecule has 0 aliphatic heterocycles. The summed E-state index contributed by atoms with van der Waals surface area (Å²) in [5.74, 6) is 0.213. The van der Waals surface area contributed by atoms with Gasteiger partial charge in [0.1, 0.15) is 11.3 Å². The molecule has 0 saturated carbocycles. The molecule has 4 heteroatoms. The molecule has 1 aromatic carbocycles. The Hall–Kier alpha value is -2.36. The number of H-pyrrole nitrogens is 1. The third-order valence-corrected chi connectivity index (χ3v) is 2.36. The number of rotatable bonds is 1. The zero-order valence-corrected chi connectivity index (χ0v) is 8.31. The van der Waals surface area contributed by atoms with E-state index in [1.165, 1.54) is 0 Å². The van der Waals surface area contributed by atoms with Gasteiger partial charge in [-0.1, -0.05) is 12.1 Å². The number of para-hydroxylation sites is 1. The van der Waals surface area contributed by atoms with Gasteiger partial charge < -0.3 is 10.1 Å². The number of aromatic amines is 1. The highest BCUT2D eigenvalue weighted by Crippen LogP contribution is 2.28. The first kappa shape index (κ1) is 8.91. The predicted molar refractivity (Wildman–Crippen MR) is 59.8 cm³/mol. The summed E-state index contributed by atoms with van der Waals surface area (Å²) in [4.78, 5) is 11.3. The van der Waals surface area contributed by atoms with Gasteiger partial charge in [0.25, 0.3) is 0 Å². The highest BCUT2D eigenvalue weighted by Gasteiger charge is 2.08. The average Bonchev–Trinajstić information content (AvgIpc) is 2.73. The van der Waals surface area contributed by atoms with E-state index in [4.69, 9.17) is 0 Å². The minimum absolute atomic E-state index is 0.213. The molecule has 0 amide bonds. The van der Waals surface area contributed by atoms with Crippen LogP contribution in [0, 0.1) is 6.07 Å². The van der Waals surface area contributed by atoms with Gasteiger partial charge in [0.15, 0.2) is 5.65 Å². The van der Waals surface area contributed by atoms with Crippen molar-refractivity contribution in [3.05, 3.63) is 42.7 Å². The van der Waals surface area contributed by atoms with Crippen molar-refractivity contribution in [2.45, 2.75) is 0 Å². The van der Waals surface area contributed by atoms with Crippen molar-refractivity contribution in [1.29, 1.82) is 0 Å². The van der Waals surface area contributed by atoms with Gasteiger partial charge in [-0.05, 0) is 12.1 Å². The molecule has 0 unspecified atom stereocenters. The maximum absolute atomic E-state index is 9.71. The van der Waals surface area contributed by atoms with Gasteiger partial charge in [-0.3, -0.25) is 4.98 Å². The molecule has 2 N–H and O–H groups in total. The first-order chi connectivity index (χ1) is 7.84.